The lowest BCUT2D eigenvalue weighted by molar-refractivity contribution is -0.124. The molecule has 0 aliphatic carbocycles. The normalized spacial score (nSPS) is 10.6. The number of hydrogen-bond donors (Lipinski definition) is 2. The van der Waals surface area contributed by atoms with Gasteiger partial charge in [0.25, 0.3) is 0 Å². The van der Waals surface area contributed by atoms with Crippen molar-refractivity contribution >= 4 is 46.9 Å². The number of rotatable bonds is 8. The minimum atomic E-state index is -0.377. The fraction of sp³-hybridized carbons (Fsp3) is 0.211. The van der Waals surface area contributed by atoms with Crippen LogP contribution in [0.5, 0.6) is 5.75 Å². The number of nitrogens with one attached hydrogen (secondary N) is 2. The zero-order valence-electron chi connectivity index (χ0n) is 14.7. The molecule has 0 bridgehead atoms. The second kappa shape index (κ2) is 10.5. The van der Waals surface area contributed by atoms with Crippen molar-refractivity contribution in [2.75, 3.05) is 11.9 Å². The first-order valence-corrected chi connectivity index (χ1v) is 9.03. The maximum atomic E-state index is 11.9. The Hall–Kier alpha value is -2.57. The number of carbonyl (C=O) groups excluding carboxylic acids is 2. The molecule has 0 unspecified atom stereocenters. The van der Waals surface area contributed by atoms with Crippen LogP contribution in [0.2, 0.25) is 10.0 Å². The number of hydrogen-bond acceptors (Lipinski definition) is 4. The van der Waals surface area contributed by atoms with Crippen molar-refractivity contribution in [3.8, 4) is 5.75 Å². The number of nitrogens with zero attached hydrogens (tertiary/aromatic N) is 1. The van der Waals surface area contributed by atoms with E-state index >= 15 is 0 Å². The largest absolute Gasteiger partial charge is 0.494 e. The molecule has 2 aromatic carbocycles. The van der Waals surface area contributed by atoms with Gasteiger partial charge in [-0.3, -0.25) is 9.59 Å². The second-order valence-corrected chi connectivity index (χ2v) is 6.31. The van der Waals surface area contributed by atoms with Crippen LogP contribution in [-0.2, 0) is 9.59 Å². The van der Waals surface area contributed by atoms with E-state index in [4.69, 9.17) is 27.9 Å². The summed E-state index contributed by atoms with van der Waals surface area (Å²) in [4.78, 5) is 23.7. The summed E-state index contributed by atoms with van der Waals surface area (Å²) >= 11 is 11.8. The summed E-state index contributed by atoms with van der Waals surface area (Å²) in [6.07, 6.45) is 1.46. The van der Waals surface area contributed by atoms with Gasteiger partial charge in [0.1, 0.15) is 5.75 Å². The molecule has 0 saturated heterocycles. The third-order valence-corrected chi connectivity index (χ3v) is 3.95. The molecule has 2 N–H and O–H groups in total. The molecule has 0 aromatic heterocycles. The SMILES string of the molecule is CCOc1ccc(NC(=O)CCC(=O)N/N=C\c2ccc(Cl)cc2Cl)cc1. The van der Waals surface area contributed by atoms with Crippen LogP contribution in [0.3, 0.4) is 0 Å². The number of benzene rings is 2. The molecule has 6 nitrogen and oxygen atoms in total. The van der Waals surface area contributed by atoms with Gasteiger partial charge < -0.3 is 10.1 Å². The van der Waals surface area contributed by atoms with Gasteiger partial charge in [0.2, 0.25) is 11.8 Å². The molecule has 0 saturated carbocycles. The highest BCUT2D eigenvalue weighted by Crippen LogP contribution is 2.19. The monoisotopic (exact) mass is 407 g/mol. The number of ether oxygens (including phenoxy) is 1. The maximum Gasteiger partial charge on any atom is 0.240 e. The van der Waals surface area contributed by atoms with Crippen molar-refractivity contribution in [3.05, 3.63) is 58.1 Å². The topological polar surface area (TPSA) is 79.8 Å². The van der Waals surface area contributed by atoms with Crippen molar-refractivity contribution < 1.29 is 14.3 Å². The van der Waals surface area contributed by atoms with Crippen molar-refractivity contribution in [1.82, 2.24) is 5.43 Å². The van der Waals surface area contributed by atoms with E-state index in [0.717, 1.165) is 5.75 Å². The molecule has 0 heterocycles. The predicted octanol–water partition coefficient (Wildman–Crippen LogP) is 4.26. The van der Waals surface area contributed by atoms with E-state index in [1.54, 1.807) is 42.5 Å². The molecule has 2 aromatic rings. The Kier molecular flexibility index (Phi) is 8.10. The number of carbonyl (C=O) groups is 2. The summed E-state index contributed by atoms with van der Waals surface area (Å²) in [5.74, 6) is 0.0887. The van der Waals surface area contributed by atoms with Gasteiger partial charge >= 0.3 is 0 Å². The molecule has 0 fully saturated rings. The summed E-state index contributed by atoms with van der Waals surface area (Å²) in [7, 11) is 0. The van der Waals surface area contributed by atoms with Gasteiger partial charge in [0.15, 0.2) is 0 Å². The highest BCUT2D eigenvalue weighted by atomic mass is 35.5. The molecule has 0 aliphatic heterocycles. The van der Waals surface area contributed by atoms with Gasteiger partial charge in [-0.1, -0.05) is 29.3 Å². The van der Waals surface area contributed by atoms with Gasteiger partial charge in [-0.25, -0.2) is 5.43 Å². The molecular weight excluding hydrogens is 389 g/mol. The lowest BCUT2D eigenvalue weighted by atomic mass is 10.2. The summed E-state index contributed by atoms with van der Waals surface area (Å²) in [5.41, 5.74) is 3.61. The average molecular weight is 408 g/mol. The fourth-order valence-electron chi connectivity index (χ4n) is 2.09. The Morgan fingerprint density at radius 3 is 2.44 bits per heavy atom. The molecule has 2 rings (SSSR count). The predicted molar refractivity (Wildman–Crippen MR) is 108 cm³/mol. The smallest absolute Gasteiger partial charge is 0.240 e. The standard InChI is InChI=1S/C19H19Cl2N3O3/c1-2-27-16-7-5-15(6-8-16)23-18(25)9-10-19(26)24-22-12-13-3-4-14(20)11-17(13)21/h3-8,11-12H,2,9-10H2,1H3,(H,23,25)(H,24,26)/b22-12-. The van der Waals surface area contributed by atoms with Crippen molar-refractivity contribution in [3.63, 3.8) is 0 Å². The number of hydrazone groups is 1. The van der Waals surface area contributed by atoms with E-state index in [0.29, 0.717) is 27.9 Å². The van der Waals surface area contributed by atoms with E-state index in [1.165, 1.54) is 6.21 Å². The van der Waals surface area contributed by atoms with Crippen LogP contribution in [0, 0.1) is 0 Å². The number of amides is 2. The van der Waals surface area contributed by atoms with Gasteiger partial charge in [0, 0.05) is 29.1 Å². The first kappa shape index (κ1) is 20.7. The number of anilines is 1. The van der Waals surface area contributed by atoms with E-state index in [1.807, 2.05) is 6.92 Å². The summed E-state index contributed by atoms with van der Waals surface area (Å²) < 4.78 is 5.33. The Bertz CT molecular complexity index is 823. The quantitative estimate of drug-likeness (QED) is 0.506. The van der Waals surface area contributed by atoms with E-state index in [2.05, 4.69) is 15.8 Å². The first-order chi connectivity index (χ1) is 13.0. The average Bonchev–Trinajstić information content (AvgIpc) is 2.64. The molecule has 0 radical (unpaired) electrons. The van der Waals surface area contributed by atoms with Crippen LogP contribution in [0.4, 0.5) is 5.69 Å². The van der Waals surface area contributed by atoms with Gasteiger partial charge in [0.05, 0.1) is 17.8 Å². The van der Waals surface area contributed by atoms with Crippen LogP contribution in [0.1, 0.15) is 25.3 Å². The summed E-state index contributed by atoms with van der Waals surface area (Å²) in [6.45, 7) is 2.47. The Morgan fingerprint density at radius 1 is 1.07 bits per heavy atom. The Balaban J connectivity index is 1.74. The molecule has 0 atom stereocenters. The molecule has 0 aliphatic rings. The van der Waals surface area contributed by atoms with Crippen LogP contribution in [0.25, 0.3) is 0 Å². The first-order valence-electron chi connectivity index (χ1n) is 8.27. The minimum Gasteiger partial charge on any atom is -0.494 e. The summed E-state index contributed by atoms with van der Waals surface area (Å²) in [6, 6.07) is 11.9. The molecule has 0 spiro atoms. The third-order valence-electron chi connectivity index (χ3n) is 3.38. The maximum absolute atomic E-state index is 11.9. The molecular formula is C19H19Cl2N3O3. The van der Waals surface area contributed by atoms with Crippen LogP contribution in [0.15, 0.2) is 47.6 Å². The number of halogens is 2. The Labute approximate surface area is 167 Å². The molecule has 27 heavy (non-hydrogen) atoms. The highest BCUT2D eigenvalue weighted by molar-refractivity contribution is 6.36. The third kappa shape index (κ3) is 7.29. The highest BCUT2D eigenvalue weighted by Gasteiger charge is 2.07. The zero-order valence-corrected chi connectivity index (χ0v) is 16.2. The van der Waals surface area contributed by atoms with Crippen LogP contribution in [-0.4, -0.2) is 24.6 Å². The van der Waals surface area contributed by atoms with Gasteiger partial charge in [-0.15, -0.1) is 0 Å². The van der Waals surface area contributed by atoms with Crippen molar-refractivity contribution in [1.29, 1.82) is 0 Å². The van der Waals surface area contributed by atoms with Gasteiger partial charge in [-0.05, 0) is 43.3 Å². The molecule has 142 valence electrons. The van der Waals surface area contributed by atoms with Crippen molar-refractivity contribution in [2.45, 2.75) is 19.8 Å². The molecule has 2 amide bonds. The molecule has 8 heteroatoms. The fourth-order valence-corrected chi connectivity index (χ4v) is 2.54. The van der Waals surface area contributed by atoms with E-state index in [-0.39, 0.29) is 24.7 Å². The Morgan fingerprint density at radius 2 is 1.78 bits per heavy atom. The summed E-state index contributed by atoms with van der Waals surface area (Å²) in [5, 5.41) is 7.48. The lowest BCUT2D eigenvalue weighted by Gasteiger charge is -2.07. The van der Waals surface area contributed by atoms with Gasteiger partial charge in [-0.2, -0.15) is 5.10 Å². The van der Waals surface area contributed by atoms with E-state index in [9.17, 15) is 9.59 Å². The lowest BCUT2D eigenvalue weighted by Crippen LogP contribution is -2.20. The second-order valence-electron chi connectivity index (χ2n) is 5.46. The van der Waals surface area contributed by atoms with Crippen LogP contribution >= 0.6 is 23.2 Å². The minimum absolute atomic E-state index is 0.00848. The van der Waals surface area contributed by atoms with Crippen molar-refractivity contribution in [2.24, 2.45) is 5.10 Å². The zero-order chi connectivity index (χ0) is 19.6. The van der Waals surface area contributed by atoms with Crippen LogP contribution < -0.4 is 15.5 Å². The van der Waals surface area contributed by atoms with E-state index < -0.39 is 0 Å².